The van der Waals surface area contributed by atoms with E-state index in [4.69, 9.17) is 0 Å². The molecule has 6 nitrogen and oxygen atoms in total. The summed E-state index contributed by atoms with van der Waals surface area (Å²) in [5.74, 6) is -0.580. The van der Waals surface area contributed by atoms with Gasteiger partial charge in [-0.3, -0.25) is 10.1 Å². The second kappa shape index (κ2) is 8.24. The molecule has 0 heterocycles. The van der Waals surface area contributed by atoms with E-state index in [9.17, 15) is 14.9 Å². The van der Waals surface area contributed by atoms with Crippen LogP contribution in [-0.2, 0) is 4.74 Å². The van der Waals surface area contributed by atoms with E-state index < -0.39 is 10.9 Å². The van der Waals surface area contributed by atoms with Crippen LogP contribution in [0.1, 0.15) is 49.9 Å². The van der Waals surface area contributed by atoms with Gasteiger partial charge >= 0.3 is 5.97 Å². The van der Waals surface area contributed by atoms with Crippen molar-refractivity contribution in [1.82, 2.24) is 0 Å². The highest BCUT2D eigenvalue weighted by Gasteiger charge is 2.19. The lowest BCUT2D eigenvalue weighted by molar-refractivity contribution is -0.384. The molecule has 1 N–H and O–H groups in total. The number of carbonyl (C=O) groups excluding carboxylic acids is 1. The maximum atomic E-state index is 11.5. The predicted octanol–water partition coefficient (Wildman–Crippen LogP) is 3.76. The van der Waals surface area contributed by atoms with Crippen molar-refractivity contribution in [2.24, 2.45) is 0 Å². The minimum absolute atomic E-state index is 0.102. The Morgan fingerprint density at radius 1 is 1.33 bits per heavy atom. The highest BCUT2D eigenvalue weighted by atomic mass is 16.6. The van der Waals surface area contributed by atoms with E-state index in [1.165, 1.54) is 19.2 Å². The van der Waals surface area contributed by atoms with Gasteiger partial charge in [-0.15, -0.1) is 0 Å². The smallest absolute Gasteiger partial charge is 0.338 e. The molecule has 6 heteroatoms. The average Bonchev–Trinajstić information content (AvgIpc) is 2.47. The van der Waals surface area contributed by atoms with Gasteiger partial charge in [0.25, 0.3) is 5.69 Å². The van der Waals surface area contributed by atoms with E-state index in [1.807, 2.05) is 0 Å². The molecule has 0 radical (unpaired) electrons. The first kappa shape index (κ1) is 16.9. The Bertz CT molecular complexity index is 496. The Morgan fingerprint density at radius 2 is 1.95 bits per heavy atom. The van der Waals surface area contributed by atoms with Gasteiger partial charge in [-0.05, 0) is 25.0 Å². The van der Waals surface area contributed by atoms with E-state index in [1.54, 1.807) is 6.07 Å². The lowest BCUT2D eigenvalue weighted by Crippen LogP contribution is -2.19. The number of ether oxygens (including phenoxy) is 1. The van der Waals surface area contributed by atoms with Crippen molar-refractivity contribution >= 4 is 17.3 Å². The van der Waals surface area contributed by atoms with E-state index >= 15 is 0 Å². The molecule has 0 unspecified atom stereocenters. The van der Waals surface area contributed by atoms with Gasteiger partial charge in [-0.25, -0.2) is 4.79 Å². The number of carbonyl (C=O) groups is 1. The molecule has 0 bridgehead atoms. The summed E-state index contributed by atoms with van der Waals surface area (Å²) in [5, 5.41) is 14.4. The summed E-state index contributed by atoms with van der Waals surface area (Å²) in [6, 6.07) is 4.56. The summed E-state index contributed by atoms with van der Waals surface area (Å²) < 4.78 is 4.59. The molecule has 0 saturated carbocycles. The lowest BCUT2D eigenvalue weighted by Gasteiger charge is -2.18. The van der Waals surface area contributed by atoms with Crippen LogP contribution in [-0.4, -0.2) is 24.0 Å². The summed E-state index contributed by atoms with van der Waals surface area (Å²) in [6.45, 7) is 4.16. The van der Waals surface area contributed by atoms with Crippen molar-refractivity contribution in [3.8, 4) is 0 Å². The van der Waals surface area contributed by atoms with E-state index in [-0.39, 0.29) is 17.3 Å². The van der Waals surface area contributed by atoms with Crippen LogP contribution in [0, 0.1) is 10.1 Å². The number of hydrogen-bond donors (Lipinski definition) is 1. The molecule has 0 aliphatic rings. The number of anilines is 1. The zero-order valence-corrected chi connectivity index (χ0v) is 12.7. The first-order chi connectivity index (χ1) is 10.0. The molecule has 116 valence electrons. The standard InChI is InChI=1S/C15H22N2O4/c1-4-6-12(7-5-2)16-13-9-8-11(15(18)21-3)10-14(13)17(19)20/h8-10,12,16H,4-7H2,1-3H3. The molecular formula is C15H22N2O4. The quantitative estimate of drug-likeness (QED) is 0.448. The molecule has 1 rings (SSSR count). The van der Waals surface area contributed by atoms with Gasteiger partial charge < -0.3 is 10.1 Å². The fourth-order valence-corrected chi connectivity index (χ4v) is 2.26. The Morgan fingerprint density at radius 3 is 2.43 bits per heavy atom. The number of methoxy groups -OCH3 is 1. The number of esters is 1. The second-order valence-corrected chi connectivity index (χ2v) is 4.90. The van der Waals surface area contributed by atoms with Gasteiger partial charge in [-0.1, -0.05) is 26.7 Å². The molecule has 0 spiro atoms. The van der Waals surface area contributed by atoms with E-state index in [0.29, 0.717) is 5.69 Å². The van der Waals surface area contributed by atoms with Crippen LogP contribution in [0.2, 0.25) is 0 Å². The fourth-order valence-electron chi connectivity index (χ4n) is 2.26. The van der Waals surface area contributed by atoms with Crippen molar-refractivity contribution in [3.63, 3.8) is 0 Å². The van der Waals surface area contributed by atoms with Gasteiger partial charge in [0, 0.05) is 12.1 Å². The second-order valence-electron chi connectivity index (χ2n) is 4.90. The first-order valence-electron chi connectivity index (χ1n) is 7.16. The summed E-state index contributed by atoms with van der Waals surface area (Å²) in [7, 11) is 1.25. The van der Waals surface area contributed by atoms with Crippen molar-refractivity contribution < 1.29 is 14.5 Å². The average molecular weight is 294 g/mol. The zero-order valence-electron chi connectivity index (χ0n) is 12.7. The topological polar surface area (TPSA) is 81.5 Å². The predicted molar refractivity (Wildman–Crippen MR) is 81.7 cm³/mol. The van der Waals surface area contributed by atoms with Crippen LogP contribution in [0.3, 0.4) is 0 Å². The van der Waals surface area contributed by atoms with Crippen LogP contribution in [0.15, 0.2) is 18.2 Å². The third kappa shape index (κ3) is 4.73. The molecule has 0 fully saturated rings. The van der Waals surface area contributed by atoms with E-state index in [0.717, 1.165) is 25.7 Å². The van der Waals surface area contributed by atoms with Gasteiger partial charge in [0.05, 0.1) is 17.6 Å². The molecule has 0 aliphatic heterocycles. The SMILES string of the molecule is CCCC(CCC)Nc1ccc(C(=O)OC)cc1[N+](=O)[O-]. The van der Waals surface area contributed by atoms with Crippen molar-refractivity contribution in [2.45, 2.75) is 45.6 Å². The maximum Gasteiger partial charge on any atom is 0.338 e. The third-order valence-electron chi connectivity index (χ3n) is 3.25. The van der Waals surface area contributed by atoms with E-state index in [2.05, 4.69) is 23.9 Å². The summed E-state index contributed by atoms with van der Waals surface area (Å²) in [6.07, 6.45) is 3.91. The maximum absolute atomic E-state index is 11.5. The van der Waals surface area contributed by atoms with Crippen LogP contribution in [0.25, 0.3) is 0 Å². The van der Waals surface area contributed by atoms with Crippen LogP contribution in [0.5, 0.6) is 0 Å². The summed E-state index contributed by atoms with van der Waals surface area (Å²) >= 11 is 0. The third-order valence-corrected chi connectivity index (χ3v) is 3.25. The summed E-state index contributed by atoms with van der Waals surface area (Å²) in [5.41, 5.74) is 0.520. The van der Waals surface area contributed by atoms with Crippen molar-refractivity contribution in [2.75, 3.05) is 12.4 Å². The number of hydrogen-bond acceptors (Lipinski definition) is 5. The fraction of sp³-hybridized carbons (Fsp3) is 0.533. The first-order valence-corrected chi connectivity index (χ1v) is 7.16. The van der Waals surface area contributed by atoms with Crippen LogP contribution in [0.4, 0.5) is 11.4 Å². The number of nitro groups is 1. The Kier molecular flexibility index (Phi) is 6.65. The number of benzene rings is 1. The number of nitrogens with one attached hydrogen (secondary N) is 1. The molecule has 0 amide bonds. The Balaban J connectivity index is 3.05. The normalized spacial score (nSPS) is 10.5. The van der Waals surface area contributed by atoms with Crippen molar-refractivity contribution in [3.05, 3.63) is 33.9 Å². The van der Waals surface area contributed by atoms with Gasteiger partial charge in [0.15, 0.2) is 0 Å². The lowest BCUT2D eigenvalue weighted by atomic mass is 10.1. The van der Waals surface area contributed by atoms with Crippen LogP contribution < -0.4 is 5.32 Å². The van der Waals surface area contributed by atoms with Gasteiger partial charge in [0.1, 0.15) is 5.69 Å². The van der Waals surface area contributed by atoms with Gasteiger partial charge in [0.2, 0.25) is 0 Å². The highest BCUT2D eigenvalue weighted by molar-refractivity contribution is 5.91. The molecular weight excluding hydrogens is 272 g/mol. The Labute approximate surface area is 124 Å². The molecule has 1 aromatic carbocycles. The van der Waals surface area contributed by atoms with Gasteiger partial charge in [-0.2, -0.15) is 0 Å². The van der Waals surface area contributed by atoms with Crippen LogP contribution >= 0.6 is 0 Å². The molecule has 0 aliphatic carbocycles. The number of nitrogens with zero attached hydrogens (tertiary/aromatic N) is 1. The Hall–Kier alpha value is -2.11. The minimum Gasteiger partial charge on any atom is -0.465 e. The molecule has 21 heavy (non-hydrogen) atoms. The zero-order chi connectivity index (χ0) is 15.8. The number of nitro benzene ring substituents is 1. The largest absolute Gasteiger partial charge is 0.465 e. The molecule has 0 aromatic heterocycles. The monoisotopic (exact) mass is 294 g/mol. The van der Waals surface area contributed by atoms with Crippen molar-refractivity contribution in [1.29, 1.82) is 0 Å². The molecule has 0 atom stereocenters. The molecule has 1 aromatic rings. The highest BCUT2D eigenvalue weighted by Crippen LogP contribution is 2.27. The summed E-state index contributed by atoms with van der Waals surface area (Å²) in [4.78, 5) is 22.2. The molecule has 0 saturated heterocycles. The number of rotatable bonds is 8. The minimum atomic E-state index is -0.580.